The van der Waals surface area contributed by atoms with Gasteiger partial charge in [-0.05, 0) is 19.1 Å². The van der Waals surface area contributed by atoms with Crippen molar-refractivity contribution < 1.29 is 10.0 Å². The molecule has 0 spiro atoms. The van der Waals surface area contributed by atoms with Crippen LogP contribution in [-0.2, 0) is 6.54 Å². The van der Waals surface area contributed by atoms with Crippen LogP contribution in [0.25, 0.3) is 0 Å². The van der Waals surface area contributed by atoms with Gasteiger partial charge in [-0.15, -0.1) is 11.3 Å². The number of hydrogen-bond donors (Lipinski definition) is 3. The molecule has 0 fully saturated rings. The Labute approximate surface area is 120 Å². The van der Waals surface area contributed by atoms with Gasteiger partial charge in [0.25, 0.3) is 5.91 Å². The zero-order valence-electron chi connectivity index (χ0n) is 10.8. The summed E-state index contributed by atoms with van der Waals surface area (Å²) in [5.74, 6) is -0.263. The van der Waals surface area contributed by atoms with Crippen molar-refractivity contribution >= 4 is 23.1 Å². The van der Waals surface area contributed by atoms with E-state index in [0.29, 0.717) is 17.7 Å². The molecule has 0 aliphatic rings. The number of hydrogen-bond acceptors (Lipinski definition) is 5. The predicted octanol–water partition coefficient (Wildman–Crippen LogP) is 1.48. The van der Waals surface area contributed by atoms with Crippen LogP contribution < -0.4 is 11.1 Å². The number of nitrogens with two attached hydrogens (primary N) is 1. The van der Waals surface area contributed by atoms with Crippen LogP contribution in [0.4, 0.5) is 0 Å². The van der Waals surface area contributed by atoms with Gasteiger partial charge in [0, 0.05) is 22.2 Å². The second-order valence-corrected chi connectivity index (χ2v) is 5.07. The molecule has 1 amide bonds. The predicted molar refractivity (Wildman–Crippen MR) is 77.0 cm³/mol. The lowest BCUT2D eigenvalue weighted by molar-refractivity contribution is 0.0951. The van der Waals surface area contributed by atoms with Gasteiger partial charge in [0.15, 0.2) is 5.84 Å². The number of oxime groups is 1. The summed E-state index contributed by atoms with van der Waals surface area (Å²) in [6.07, 6.45) is 0. The molecular weight excluding hydrogens is 276 g/mol. The highest BCUT2D eigenvalue weighted by Gasteiger charge is 2.08. The first kappa shape index (κ1) is 14.0. The van der Waals surface area contributed by atoms with Crippen LogP contribution in [0.15, 0.2) is 34.8 Å². The molecule has 4 N–H and O–H groups in total. The molecule has 2 aromatic rings. The zero-order valence-corrected chi connectivity index (χ0v) is 11.6. The van der Waals surface area contributed by atoms with Crippen molar-refractivity contribution in [2.75, 3.05) is 0 Å². The van der Waals surface area contributed by atoms with Crippen molar-refractivity contribution in [3.8, 4) is 0 Å². The van der Waals surface area contributed by atoms with Gasteiger partial charge in [-0.1, -0.05) is 17.3 Å². The Morgan fingerprint density at radius 3 is 2.90 bits per heavy atom. The molecule has 0 radical (unpaired) electrons. The van der Waals surface area contributed by atoms with E-state index in [1.807, 2.05) is 12.3 Å². The maximum atomic E-state index is 12.0. The van der Waals surface area contributed by atoms with Crippen LogP contribution in [-0.4, -0.2) is 21.9 Å². The van der Waals surface area contributed by atoms with Crippen molar-refractivity contribution in [2.45, 2.75) is 13.5 Å². The summed E-state index contributed by atoms with van der Waals surface area (Å²) in [6.45, 7) is 2.29. The summed E-state index contributed by atoms with van der Waals surface area (Å²) < 4.78 is 0. The van der Waals surface area contributed by atoms with Crippen molar-refractivity contribution in [3.63, 3.8) is 0 Å². The summed E-state index contributed by atoms with van der Waals surface area (Å²) in [4.78, 5) is 16.3. The summed E-state index contributed by atoms with van der Waals surface area (Å²) >= 11 is 1.50. The quantitative estimate of drug-likeness (QED) is 0.343. The molecule has 0 atom stereocenters. The van der Waals surface area contributed by atoms with Gasteiger partial charge in [-0.3, -0.25) is 4.79 Å². The van der Waals surface area contributed by atoms with Gasteiger partial charge in [0.05, 0.1) is 6.54 Å². The second kappa shape index (κ2) is 6.16. The number of carbonyl (C=O) groups excluding carboxylic acids is 1. The van der Waals surface area contributed by atoms with Crippen molar-refractivity contribution in [2.24, 2.45) is 10.9 Å². The Kier molecular flexibility index (Phi) is 4.31. The molecule has 0 saturated carbocycles. The number of amides is 1. The average molecular weight is 290 g/mol. The number of amidine groups is 1. The molecule has 20 heavy (non-hydrogen) atoms. The molecular formula is C13H14N4O2S. The minimum absolute atomic E-state index is 0.0322. The van der Waals surface area contributed by atoms with E-state index in [4.69, 9.17) is 10.9 Å². The highest BCUT2D eigenvalue weighted by molar-refractivity contribution is 7.09. The maximum absolute atomic E-state index is 12.0. The van der Waals surface area contributed by atoms with E-state index >= 15 is 0 Å². The number of rotatable bonds is 4. The number of benzene rings is 1. The summed E-state index contributed by atoms with van der Waals surface area (Å²) in [5, 5.41) is 17.1. The molecule has 0 saturated heterocycles. The number of nitrogens with one attached hydrogen (secondary N) is 1. The first-order valence-corrected chi connectivity index (χ1v) is 6.75. The van der Waals surface area contributed by atoms with Crippen molar-refractivity contribution in [3.05, 3.63) is 51.5 Å². The van der Waals surface area contributed by atoms with Gasteiger partial charge in [0.1, 0.15) is 5.01 Å². The normalized spacial score (nSPS) is 11.3. The number of thiazole rings is 1. The smallest absolute Gasteiger partial charge is 0.251 e. The lowest BCUT2D eigenvalue weighted by atomic mass is 10.1. The van der Waals surface area contributed by atoms with Crippen LogP contribution in [0.2, 0.25) is 0 Å². The molecule has 0 aliphatic carbocycles. The lowest BCUT2D eigenvalue weighted by Gasteiger charge is -2.05. The summed E-state index contributed by atoms with van der Waals surface area (Å²) in [6, 6.07) is 6.57. The first-order valence-electron chi connectivity index (χ1n) is 5.87. The van der Waals surface area contributed by atoms with Gasteiger partial charge < -0.3 is 16.3 Å². The number of aryl methyl sites for hydroxylation is 1. The molecule has 2 rings (SSSR count). The van der Waals surface area contributed by atoms with Gasteiger partial charge >= 0.3 is 0 Å². The fourth-order valence-electron chi connectivity index (χ4n) is 1.62. The van der Waals surface area contributed by atoms with Gasteiger partial charge in [-0.2, -0.15) is 0 Å². The van der Waals surface area contributed by atoms with E-state index in [1.54, 1.807) is 24.3 Å². The van der Waals surface area contributed by atoms with Crippen molar-refractivity contribution in [1.82, 2.24) is 10.3 Å². The SMILES string of the molecule is Cc1csc(CNC(=O)c2cccc(C(N)=NO)c2)n1. The van der Waals surface area contributed by atoms with Crippen LogP contribution in [0, 0.1) is 6.92 Å². The molecule has 0 aliphatic heterocycles. The first-order chi connectivity index (χ1) is 9.60. The number of nitrogens with zero attached hydrogens (tertiary/aromatic N) is 2. The minimum Gasteiger partial charge on any atom is -0.409 e. The second-order valence-electron chi connectivity index (χ2n) is 4.13. The molecule has 104 valence electrons. The third-order valence-electron chi connectivity index (χ3n) is 2.60. The van der Waals surface area contributed by atoms with E-state index in [1.165, 1.54) is 11.3 Å². The third-order valence-corrected chi connectivity index (χ3v) is 3.56. The van der Waals surface area contributed by atoms with Gasteiger partial charge in [0.2, 0.25) is 0 Å². The third kappa shape index (κ3) is 3.33. The Morgan fingerprint density at radius 1 is 1.50 bits per heavy atom. The topological polar surface area (TPSA) is 101 Å². The Morgan fingerprint density at radius 2 is 2.25 bits per heavy atom. The molecule has 6 nitrogen and oxygen atoms in total. The average Bonchev–Trinajstić information content (AvgIpc) is 2.89. The number of carbonyl (C=O) groups is 1. The summed E-state index contributed by atoms with van der Waals surface area (Å²) in [7, 11) is 0. The monoisotopic (exact) mass is 290 g/mol. The highest BCUT2D eigenvalue weighted by atomic mass is 32.1. The molecule has 0 unspecified atom stereocenters. The van der Waals surface area contributed by atoms with E-state index in [2.05, 4.69) is 15.5 Å². The molecule has 1 aromatic heterocycles. The molecule has 7 heteroatoms. The lowest BCUT2D eigenvalue weighted by Crippen LogP contribution is -2.23. The number of aromatic nitrogens is 1. The van der Waals surface area contributed by atoms with Crippen LogP contribution in [0.5, 0.6) is 0 Å². The Balaban J connectivity index is 2.05. The van der Waals surface area contributed by atoms with Crippen molar-refractivity contribution in [1.29, 1.82) is 0 Å². The van der Waals surface area contributed by atoms with Crippen LogP contribution in [0.3, 0.4) is 0 Å². The molecule has 0 bridgehead atoms. The Hall–Kier alpha value is -2.41. The van der Waals surface area contributed by atoms with E-state index in [0.717, 1.165) is 10.7 Å². The molecule has 1 heterocycles. The zero-order chi connectivity index (χ0) is 14.5. The summed E-state index contributed by atoms with van der Waals surface area (Å²) in [5.41, 5.74) is 7.37. The van der Waals surface area contributed by atoms with Crippen LogP contribution in [0.1, 0.15) is 26.6 Å². The van der Waals surface area contributed by atoms with E-state index < -0.39 is 0 Å². The van der Waals surface area contributed by atoms with E-state index in [9.17, 15) is 4.79 Å². The maximum Gasteiger partial charge on any atom is 0.251 e. The highest BCUT2D eigenvalue weighted by Crippen LogP contribution is 2.09. The Bertz CT molecular complexity index is 651. The standard InChI is InChI=1S/C13H14N4O2S/c1-8-7-20-11(16-8)6-15-13(18)10-4-2-3-9(5-10)12(14)17-19/h2-5,7,19H,6H2,1H3,(H2,14,17)(H,15,18). The fraction of sp³-hybridized carbons (Fsp3) is 0.154. The van der Waals surface area contributed by atoms with Crippen LogP contribution >= 0.6 is 11.3 Å². The van der Waals surface area contributed by atoms with Gasteiger partial charge in [-0.25, -0.2) is 4.98 Å². The van der Waals surface area contributed by atoms with E-state index in [-0.39, 0.29) is 11.7 Å². The minimum atomic E-state index is -0.231. The largest absolute Gasteiger partial charge is 0.409 e. The molecule has 1 aromatic carbocycles. The fourth-order valence-corrected chi connectivity index (χ4v) is 2.33.